The Morgan fingerprint density at radius 2 is 1.80 bits per heavy atom. The SMILES string of the molecule is COCCCN(CC1(O)CCC2c3ccc(cc3C(=O)c3cc4ccccc4s3)CC(O)CCC(C)=CCCC21C)C(=O)C12CCC(C)(C(=O)O1)C2(C)C. The van der Waals surface area contributed by atoms with Gasteiger partial charge in [-0.1, -0.05) is 62.8 Å². The Hall–Kier alpha value is -3.37. The highest BCUT2D eigenvalue weighted by Gasteiger charge is 2.76. The monoisotopic (exact) mass is 755 g/mol. The highest BCUT2D eigenvalue weighted by Crippen LogP contribution is 2.66. The number of ketones is 1. The van der Waals surface area contributed by atoms with E-state index in [1.54, 1.807) is 12.0 Å². The van der Waals surface area contributed by atoms with Crippen LogP contribution < -0.4 is 0 Å². The largest absolute Gasteiger partial charge is 0.448 e. The van der Waals surface area contributed by atoms with Crippen molar-refractivity contribution in [3.05, 3.63) is 81.7 Å². The third-order valence-electron chi connectivity index (χ3n) is 14.5. The van der Waals surface area contributed by atoms with E-state index in [9.17, 15) is 24.6 Å². The maximum atomic E-state index is 15.0. The highest BCUT2D eigenvalue weighted by molar-refractivity contribution is 7.21. The Bertz CT molecular complexity index is 1950. The molecule has 1 aromatic heterocycles. The third kappa shape index (κ3) is 6.18. The molecule has 290 valence electrons. The fourth-order valence-electron chi connectivity index (χ4n) is 10.4. The number of hydrogen-bond acceptors (Lipinski definition) is 8. The zero-order chi connectivity index (χ0) is 38.7. The average Bonchev–Trinajstić information content (AvgIpc) is 3.78. The summed E-state index contributed by atoms with van der Waals surface area (Å²) in [5.41, 5.74) is -1.17. The van der Waals surface area contributed by atoms with Gasteiger partial charge in [0.25, 0.3) is 5.91 Å². The molecule has 0 spiro atoms. The average molecular weight is 756 g/mol. The van der Waals surface area contributed by atoms with Gasteiger partial charge < -0.3 is 24.6 Å². The highest BCUT2D eigenvalue weighted by atomic mass is 32.1. The molecule has 8 nitrogen and oxygen atoms in total. The van der Waals surface area contributed by atoms with Gasteiger partial charge in [-0.3, -0.25) is 14.4 Å². The Balaban J connectivity index is 1.30. The van der Waals surface area contributed by atoms with E-state index >= 15 is 0 Å². The summed E-state index contributed by atoms with van der Waals surface area (Å²) in [6, 6.07) is 16.1. The molecule has 9 heteroatoms. The molecule has 0 radical (unpaired) electrons. The molecule has 6 unspecified atom stereocenters. The molecule has 4 bridgehead atoms. The second-order valence-corrected chi connectivity index (χ2v) is 18.8. The van der Waals surface area contributed by atoms with Gasteiger partial charge in [-0.15, -0.1) is 11.3 Å². The lowest BCUT2D eigenvalue weighted by atomic mass is 9.64. The van der Waals surface area contributed by atoms with Crippen LogP contribution in [0.25, 0.3) is 10.1 Å². The van der Waals surface area contributed by atoms with E-state index in [1.807, 2.05) is 63.2 Å². The van der Waals surface area contributed by atoms with E-state index in [0.29, 0.717) is 81.4 Å². The Morgan fingerprint density at radius 1 is 1.02 bits per heavy atom. The molecule has 1 amide bonds. The number of thiophene rings is 1. The van der Waals surface area contributed by atoms with E-state index in [-0.39, 0.29) is 30.1 Å². The normalized spacial score (nSPS) is 31.9. The van der Waals surface area contributed by atoms with Crippen molar-refractivity contribution >= 4 is 39.1 Å². The van der Waals surface area contributed by atoms with Gasteiger partial charge in [0.15, 0.2) is 5.60 Å². The summed E-state index contributed by atoms with van der Waals surface area (Å²) >= 11 is 1.49. The number of rotatable bonds is 9. The minimum atomic E-state index is -1.31. The van der Waals surface area contributed by atoms with Gasteiger partial charge in [0.1, 0.15) is 0 Å². The molecule has 3 fully saturated rings. The molecule has 1 saturated heterocycles. The summed E-state index contributed by atoms with van der Waals surface area (Å²) < 4.78 is 12.6. The van der Waals surface area contributed by atoms with Crippen LogP contribution in [0.2, 0.25) is 0 Å². The molecule has 4 aliphatic carbocycles. The molecule has 6 atom stereocenters. The van der Waals surface area contributed by atoms with Crippen molar-refractivity contribution in [3.8, 4) is 0 Å². The van der Waals surface area contributed by atoms with Crippen LogP contribution in [0.15, 0.2) is 60.2 Å². The predicted molar refractivity (Wildman–Crippen MR) is 212 cm³/mol. The first-order chi connectivity index (χ1) is 25.6. The number of benzene rings is 2. The van der Waals surface area contributed by atoms with Gasteiger partial charge in [-0.05, 0) is 119 Å². The summed E-state index contributed by atoms with van der Waals surface area (Å²) in [7, 11) is 1.64. The molecule has 2 saturated carbocycles. The lowest BCUT2D eigenvalue weighted by Crippen LogP contribution is -2.60. The second kappa shape index (κ2) is 14.3. The maximum Gasteiger partial charge on any atom is 0.313 e. The molecule has 2 heterocycles. The van der Waals surface area contributed by atoms with Crippen LogP contribution in [-0.2, 0) is 25.5 Å². The molecule has 2 N–H and O–H groups in total. The third-order valence-corrected chi connectivity index (χ3v) is 15.6. The second-order valence-electron chi connectivity index (χ2n) is 17.7. The standard InChI is InChI=1S/C45H57NO7S/c1-29-11-9-19-42(4)35(33-17-15-30(25-32(47)16-14-29)26-34(33)38(48)37-27-31-12-7-8-13-36(31)54-37)18-20-44(42,51)28-46(23-10-24-52-6)39(49)45-22-21-43(5,40(50)53-45)41(45,2)3/h7-8,11-13,15,17,26-27,32,35,47,51H,9-10,14,16,18-25,28H2,1-6H3. The number of carbonyl (C=O) groups is 3. The van der Waals surface area contributed by atoms with E-state index < -0.39 is 33.6 Å². The van der Waals surface area contributed by atoms with Crippen molar-refractivity contribution in [2.45, 2.75) is 122 Å². The number of esters is 1. The summed E-state index contributed by atoms with van der Waals surface area (Å²) in [5, 5.41) is 25.3. The van der Waals surface area contributed by atoms with Gasteiger partial charge in [-0.2, -0.15) is 0 Å². The van der Waals surface area contributed by atoms with Crippen LogP contribution >= 0.6 is 11.3 Å². The quantitative estimate of drug-likeness (QED) is 0.0981. The van der Waals surface area contributed by atoms with Crippen molar-refractivity contribution in [1.29, 1.82) is 0 Å². The lowest BCUT2D eigenvalue weighted by molar-refractivity contribution is -0.177. The number of fused-ring (bicyclic) bond motifs is 11. The molecule has 3 aromatic rings. The van der Waals surface area contributed by atoms with Gasteiger partial charge >= 0.3 is 5.97 Å². The van der Waals surface area contributed by atoms with E-state index in [4.69, 9.17) is 9.47 Å². The van der Waals surface area contributed by atoms with Gasteiger partial charge in [0.05, 0.1) is 28.5 Å². The van der Waals surface area contributed by atoms with Crippen molar-refractivity contribution in [2.24, 2.45) is 16.2 Å². The number of ether oxygens (including phenoxy) is 2. The first-order valence-electron chi connectivity index (χ1n) is 19.8. The van der Waals surface area contributed by atoms with Crippen LogP contribution in [-0.4, -0.2) is 76.9 Å². The zero-order valence-electron chi connectivity index (χ0n) is 32.8. The van der Waals surface area contributed by atoms with Crippen molar-refractivity contribution in [3.63, 3.8) is 0 Å². The van der Waals surface area contributed by atoms with Crippen LogP contribution in [0.4, 0.5) is 0 Å². The zero-order valence-corrected chi connectivity index (χ0v) is 33.7. The number of allylic oxidation sites excluding steroid dienone is 2. The van der Waals surface area contributed by atoms with Crippen LogP contribution in [0, 0.1) is 16.2 Å². The van der Waals surface area contributed by atoms with Crippen molar-refractivity contribution in [2.75, 3.05) is 26.8 Å². The summed E-state index contributed by atoms with van der Waals surface area (Å²) in [6.07, 6.45) is 7.55. The molecule has 1 aliphatic heterocycles. The molecule has 5 aliphatic rings. The van der Waals surface area contributed by atoms with E-state index in [1.165, 1.54) is 16.9 Å². The lowest BCUT2D eigenvalue weighted by Gasteiger charge is -2.47. The summed E-state index contributed by atoms with van der Waals surface area (Å²) in [5.74, 6) is -0.793. The first-order valence-corrected chi connectivity index (χ1v) is 20.6. The van der Waals surface area contributed by atoms with Crippen LogP contribution in [0.1, 0.15) is 125 Å². The fraction of sp³-hybridized carbons (Fsp3) is 0.578. The minimum absolute atomic E-state index is 0.0480. The number of amides is 1. The number of methoxy groups -OCH3 is 1. The maximum absolute atomic E-state index is 15.0. The van der Waals surface area contributed by atoms with Crippen molar-refractivity contribution in [1.82, 2.24) is 4.90 Å². The van der Waals surface area contributed by atoms with E-state index in [0.717, 1.165) is 27.6 Å². The topological polar surface area (TPSA) is 113 Å². The minimum Gasteiger partial charge on any atom is -0.448 e. The van der Waals surface area contributed by atoms with Gasteiger partial charge in [0.2, 0.25) is 5.78 Å². The molecule has 8 rings (SSSR count). The Labute approximate surface area is 323 Å². The molecular formula is C45H57NO7S. The molecule has 2 aromatic carbocycles. The number of hydrogen-bond donors (Lipinski definition) is 2. The Morgan fingerprint density at radius 3 is 2.50 bits per heavy atom. The number of carbonyl (C=O) groups excluding carboxylic acids is 3. The number of nitrogens with zero attached hydrogens (tertiary/aromatic N) is 1. The van der Waals surface area contributed by atoms with Crippen molar-refractivity contribution < 1.29 is 34.1 Å². The molecular weight excluding hydrogens is 699 g/mol. The predicted octanol–water partition coefficient (Wildman–Crippen LogP) is 8.16. The number of aliphatic hydroxyl groups excluding tert-OH is 1. The number of aliphatic hydroxyl groups is 2. The van der Waals surface area contributed by atoms with E-state index in [2.05, 4.69) is 26.0 Å². The van der Waals surface area contributed by atoms with Gasteiger partial charge in [-0.25, -0.2) is 0 Å². The molecule has 54 heavy (non-hydrogen) atoms. The fourth-order valence-corrected chi connectivity index (χ4v) is 11.4. The summed E-state index contributed by atoms with van der Waals surface area (Å²) in [4.78, 5) is 45.3. The first kappa shape index (κ1) is 38.9. The van der Waals surface area contributed by atoms with Crippen LogP contribution in [0.5, 0.6) is 0 Å². The van der Waals surface area contributed by atoms with Crippen LogP contribution in [0.3, 0.4) is 0 Å². The van der Waals surface area contributed by atoms with Gasteiger partial charge in [0, 0.05) is 41.4 Å². The summed E-state index contributed by atoms with van der Waals surface area (Å²) in [6.45, 7) is 11.0. The Kier molecular flexibility index (Phi) is 10.3. The smallest absolute Gasteiger partial charge is 0.313 e.